The van der Waals surface area contributed by atoms with E-state index in [9.17, 15) is 22.8 Å². The molecule has 1 amide bonds. The van der Waals surface area contributed by atoms with E-state index < -0.39 is 29.5 Å². The Labute approximate surface area is 125 Å². The summed E-state index contributed by atoms with van der Waals surface area (Å²) < 4.78 is 38.7. The van der Waals surface area contributed by atoms with Gasteiger partial charge < -0.3 is 10.0 Å². The van der Waals surface area contributed by atoms with Gasteiger partial charge in [0.2, 0.25) is 5.91 Å². The van der Waals surface area contributed by atoms with E-state index >= 15 is 0 Å². The van der Waals surface area contributed by atoms with E-state index in [0.717, 1.165) is 6.07 Å². The fraction of sp³-hybridized carbons (Fsp3) is 0.467. The lowest BCUT2D eigenvalue weighted by molar-refractivity contribution is -0.145. The number of amides is 1. The van der Waals surface area contributed by atoms with Crippen LogP contribution in [0.15, 0.2) is 24.3 Å². The van der Waals surface area contributed by atoms with Gasteiger partial charge in [-0.05, 0) is 24.5 Å². The van der Waals surface area contributed by atoms with Gasteiger partial charge in [0.15, 0.2) is 0 Å². The Kier molecular flexibility index (Phi) is 4.73. The highest BCUT2D eigenvalue weighted by atomic mass is 19.4. The van der Waals surface area contributed by atoms with Gasteiger partial charge in [-0.2, -0.15) is 13.2 Å². The summed E-state index contributed by atoms with van der Waals surface area (Å²) in [6.45, 7) is 0.444. The summed E-state index contributed by atoms with van der Waals surface area (Å²) in [4.78, 5) is 24.5. The molecule has 0 saturated carbocycles. The van der Waals surface area contributed by atoms with Gasteiger partial charge in [0.1, 0.15) is 0 Å². The second-order valence-electron chi connectivity index (χ2n) is 5.35. The third kappa shape index (κ3) is 3.78. The molecule has 0 bridgehead atoms. The summed E-state index contributed by atoms with van der Waals surface area (Å²) in [5, 5.41) is 8.99. The van der Waals surface area contributed by atoms with Gasteiger partial charge in [0, 0.05) is 13.1 Å². The highest BCUT2D eigenvalue weighted by Gasteiger charge is 2.34. The van der Waals surface area contributed by atoms with Crippen LogP contribution in [0.3, 0.4) is 0 Å². The van der Waals surface area contributed by atoms with Crippen LogP contribution in [0.5, 0.6) is 0 Å². The minimum Gasteiger partial charge on any atom is -0.481 e. The lowest BCUT2D eigenvalue weighted by atomic mass is 9.97. The number of carboxylic acids is 1. The minimum atomic E-state index is -4.51. The fourth-order valence-electron chi connectivity index (χ4n) is 2.63. The maximum absolute atomic E-state index is 12.9. The van der Waals surface area contributed by atoms with Crippen molar-refractivity contribution in [2.75, 3.05) is 13.1 Å². The molecule has 1 saturated heterocycles. The highest BCUT2D eigenvalue weighted by molar-refractivity contribution is 5.80. The molecule has 1 aromatic rings. The third-order valence-corrected chi connectivity index (χ3v) is 3.79. The molecule has 0 aliphatic carbocycles. The number of carbonyl (C=O) groups is 2. The van der Waals surface area contributed by atoms with Gasteiger partial charge in [0.25, 0.3) is 0 Å². The Morgan fingerprint density at radius 2 is 1.95 bits per heavy atom. The first-order chi connectivity index (χ1) is 10.3. The van der Waals surface area contributed by atoms with E-state index in [1.54, 1.807) is 0 Å². The number of carboxylic acid groups (broad SMARTS) is 1. The maximum atomic E-state index is 12.9. The summed E-state index contributed by atoms with van der Waals surface area (Å²) in [6.07, 6.45) is -3.85. The minimum absolute atomic E-state index is 0.0579. The summed E-state index contributed by atoms with van der Waals surface area (Å²) in [6, 6.07) is 4.95. The monoisotopic (exact) mass is 315 g/mol. The van der Waals surface area contributed by atoms with Crippen LogP contribution in [0.1, 0.15) is 24.0 Å². The smallest absolute Gasteiger partial charge is 0.416 e. The summed E-state index contributed by atoms with van der Waals surface area (Å²) in [5.41, 5.74) is -0.910. The zero-order chi connectivity index (χ0) is 16.3. The zero-order valence-electron chi connectivity index (χ0n) is 11.8. The highest BCUT2D eigenvalue weighted by Crippen LogP contribution is 2.32. The van der Waals surface area contributed by atoms with E-state index in [4.69, 9.17) is 5.11 Å². The predicted molar refractivity (Wildman–Crippen MR) is 72.1 cm³/mol. The molecule has 1 aliphatic rings. The molecule has 1 aliphatic heterocycles. The molecule has 1 unspecified atom stereocenters. The molecule has 0 aromatic heterocycles. The van der Waals surface area contributed by atoms with Crippen molar-refractivity contribution in [1.82, 2.24) is 4.90 Å². The quantitative estimate of drug-likeness (QED) is 0.932. The van der Waals surface area contributed by atoms with Crippen molar-refractivity contribution in [1.29, 1.82) is 0 Å². The Hall–Kier alpha value is -2.05. The number of rotatable bonds is 3. The van der Waals surface area contributed by atoms with Gasteiger partial charge in [0.05, 0.1) is 17.9 Å². The van der Waals surface area contributed by atoms with E-state index in [-0.39, 0.29) is 18.5 Å². The molecular weight excluding hydrogens is 299 g/mol. The molecule has 0 spiro atoms. The van der Waals surface area contributed by atoms with Crippen molar-refractivity contribution >= 4 is 11.9 Å². The first kappa shape index (κ1) is 16.3. The number of benzene rings is 1. The maximum Gasteiger partial charge on any atom is 0.416 e. The van der Waals surface area contributed by atoms with Crippen LogP contribution in [0.25, 0.3) is 0 Å². The second kappa shape index (κ2) is 6.37. The van der Waals surface area contributed by atoms with Crippen LogP contribution in [-0.4, -0.2) is 35.0 Å². The molecule has 22 heavy (non-hydrogen) atoms. The van der Waals surface area contributed by atoms with Crippen molar-refractivity contribution in [2.24, 2.45) is 5.92 Å². The van der Waals surface area contributed by atoms with Crippen LogP contribution in [0.4, 0.5) is 13.2 Å². The van der Waals surface area contributed by atoms with Gasteiger partial charge >= 0.3 is 12.1 Å². The van der Waals surface area contributed by atoms with Gasteiger partial charge in [-0.1, -0.05) is 18.2 Å². The molecular formula is C15H16F3NO3. The zero-order valence-corrected chi connectivity index (χ0v) is 11.8. The first-order valence-electron chi connectivity index (χ1n) is 6.94. The van der Waals surface area contributed by atoms with Crippen LogP contribution in [-0.2, 0) is 22.2 Å². The Morgan fingerprint density at radius 3 is 2.59 bits per heavy atom. The molecule has 120 valence electrons. The molecule has 4 nitrogen and oxygen atoms in total. The molecule has 0 radical (unpaired) electrons. The Bertz CT molecular complexity index is 571. The molecule has 1 fully saturated rings. The predicted octanol–water partition coefficient (Wildman–Crippen LogP) is 2.57. The van der Waals surface area contributed by atoms with Gasteiger partial charge in [-0.3, -0.25) is 9.59 Å². The number of hydrogen-bond donors (Lipinski definition) is 1. The summed E-state index contributed by atoms with van der Waals surface area (Å²) in [5.74, 6) is -2.09. The van der Waals surface area contributed by atoms with E-state index in [1.807, 2.05) is 0 Å². The molecule has 1 N–H and O–H groups in total. The molecule has 1 atom stereocenters. The van der Waals surface area contributed by atoms with Gasteiger partial charge in [-0.25, -0.2) is 0 Å². The van der Waals surface area contributed by atoms with Crippen LogP contribution < -0.4 is 0 Å². The average Bonchev–Trinajstić information content (AvgIpc) is 2.46. The lowest BCUT2D eigenvalue weighted by Crippen LogP contribution is -2.43. The Balaban J connectivity index is 2.11. The third-order valence-electron chi connectivity index (χ3n) is 3.79. The summed E-state index contributed by atoms with van der Waals surface area (Å²) >= 11 is 0. The number of piperidine rings is 1. The van der Waals surface area contributed by atoms with Crippen molar-refractivity contribution in [3.05, 3.63) is 35.4 Å². The standard InChI is InChI=1S/C15H16F3NO3/c16-15(17,18)12-6-2-1-4-10(12)8-13(20)19-7-3-5-11(9-19)14(21)22/h1-2,4,6,11H,3,5,7-9H2,(H,21,22). The van der Waals surface area contributed by atoms with E-state index in [0.29, 0.717) is 19.4 Å². The Morgan fingerprint density at radius 1 is 1.27 bits per heavy atom. The average molecular weight is 315 g/mol. The fourth-order valence-corrected chi connectivity index (χ4v) is 2.63. The van der Waals surface area contributed by atoms with Crippen LogP contribution in [0.2, 0.25) is 0 Å². The van der Waals surface area contributed by atoms with Crippen molar-refractivity contribution in [3.8, 4) is 0 Å². The number of aliphatic carboxylic acids is 1. The molecule has 1 aromatic carbocycles. The molecule has 2 rings (SSSR count). The number of halogens is 3. The number of nitrogens with zero attached hydrogens (tertiary/aromatic N) is 1. The van der Waals surface area contributed by atoms with E-state index in [1.165, 1.54) is 23.1 Å². The number of carbonyl (C=O) groups excluding carboxylic acids is 1. The normalized spacial score (nSPS) is 19.0. The van der Waals surface area contributed by atoms with E-state index in [2.05, 4.69) is 0 Å². The number of likely N-dealkylation sites (tertiary alicyclic amines) is 1. The summed E-state index contributed by atoms with van der Waals surface area (Å²) in [7, 11) is 0. The molecule has 7 heteroatoms. The largest absolute Gasteiger partial charge is 0.481 e. The lowest BCUT2D eigenvalue weighted by Gasteiger charge is -2.31. The number of alkyl halides is 3. The molecule has 1 heterocycles. The SMILES string of the molecule is O=C(O)C1CCCN(C(=O)Cc2ccccc2C(F)(F)F)C1. The van der Waals surface area contributed by atoms with Crippen molar-refractivity contribution in [2.45, 2.75) is 25.4 Å². The first-order valence-corrected chi connectivity index (χ1v) is 6.94. The van der Waals surface area contributed by atoms with Gasteiger partial charge in [-0.15, -0.1) is 0 Å². The second-order valence-corrected chi connectivity index (χ2v) is 5.35. The number of hydrogen-bond acceptors (Lipinski definition) is 2. The van der Waals surface area contributed by atoms with Crippen LogP contribution in [0, 0.1) is 5.92 Å². The topological polar surface area (TPSA) is 57.6 Å². The van der Waals surface area contributed by atoms with Crippen molar-refractivity contribution < 1.29 is 27.9 Å². The van der Waals surface area contributed by atoms with Crippen LogP contribution >= 0.6 is 0 Å². The van der Waals surface area contributed by atoms with Crippen molar-refractivity contribution in [3.63, 3.8) is 0 Å².